The van der Waals surface area contributed by atoms with Gasteiger partial charge in [-0.1, -0.05) is 30.3 Å². The molecule has 1 aliphatic rings. The molecule has 3 rings (SSSR count). The van der Waals surface area contributed by atoms with Crippen LogP contribution in [-0.4, -0.2) is 25.5 Å². The quantitative estimate of drug-likeness (QED) is 0.907. The lowest BCUT2D eigenvalue weighted by atomic mass is 9.96. The maximum Gasteiger partial charge on any atom is 0.251 e. The lowest BCUT2D eigenvalue weighted by Gasteiger charge is -2.22. The highest BCUT2D eigenvalue weighted by atomic mass is 35.5. The Labute approximate surface area is 137 Å². The van der Waals surface area contributed by atoms with Crippen molar-refractivity contribution in [1.29, 1.82) is 0 Å². The van der Waals surface area contributed by atoms with Crippen molar-refractivity contribution < 1.29 is 4.79 Å². The molecule has 1 saturated heterocycles. The average Bonchev–Trinajstić information content (AvgIpc) is 2.55. The summed E-state index contributed by atoms with van der Waals surface area (Å²) in [6.07, 6.45) is 3.59. The summed E-state index contributed by atoms with van der Waals surface area (Å²) in [4.78, 5) is 12.2. The molecule has 4 heteroatoms. The van der Waals surface area contributed by atoms with Crippen LogP contribution >= 0.6 is 12.4 Å². The molecular weight excluding hydrogens is 296 g/mol. The van der Waals surface area contributed by atoms with Crippen LogP contribution < -0.4 is 10.6 Å². The minimum atomic E-state index is 0. The Morgan fingerprint density at radius 1 is 1.18 bits per heavy atom. The number of hydrogen-bond acceptors (Lipinski definition) is 2. The van der Waals surface area contributed by atoms with E-state index in [0.717, 1.165) is 37.0 Å². The zero-order chi connectivity index (χ0) is 14.5. The number of hydrogen-bond donors (Lipinski definition) is 2. The Morgan fingerprint density at radius 3 is 2.77 bits per heavy atom. The third-order valence-corrected chi connectivity index (χ3v) is 4.25. The normalized spacial score (nSPS) is 17.7. The fraction of sp³-hybridized carbons (Fsp3) is 0.389. The molecule has 0 aromatic heterocycles. The Kier molecular flexibility index (Phi) is 6.22. The molecule has 1 aliphatic heterocycles. The van der Waals surface area contributed by atoms with Gasteiger partial charge in [0.2, 0.25) is 0 Å². The van der Waals surface area contributed by atoms with Crippen LogP contribution in [0.5, 0.6) is 0 Å². The second kappa shape index (κ2) is 8.16. The first-order valence-corrected chi connectivity index (χ1v) is 7.80. The van der Waals surface area contributed by atoms with E-state index in [0.29, 0.717) is 5.92 Å². The van der Waals surface area contributed by atoms with Crippen LogP contribution in [-0.2, 0) is 0 Å². The number of carbonyl (C=O) groups excluding carboxylic acids is 1. The average molecular weight is 319 g/mol. The summed E-state index contributed by atoms with van der Waals surface area (Å²) < 4.78 is 0. The number of carbonyl (C=O) groups is 1. The van der Waals surface area contributed by atoms with Gasteiger partial charge in [-0.15, -0.1) is 12.4 Å². The third-order valence-electron chi connectivity index (χ3n) is 4.25. The molecular formula is C18H23ClN2O. The van der Waals surface area contributed by atoms with Gasteiger partial charge in [0.05, 0.1) is 0 Å². The highest BCUT2D eigenvalue weighted by molar-refractivity contribution is 5.98. The summed E-state index contributed by atoms with van der Waals surface area (Å²) in [6, 6.07) is 14.0. The molecule has 118 valence electrons. The van der Waals surface area contributed by atoms with Gasteiger partial charge >= 0.3 is 0 Å². The van der Waals surface area contributed by atoms with E-state index in [9.17, 15) is 4.79 Å². The minimum Gasteiger partial charge on any atom is -0.352 e. The monoisotopic (exact) mass is 318 g/mol. The number of rotatable bonds is 4. The molecule has 0 radical (unpaired) electrons. The maximum absolute atomic E-state index is 12.2. The molecule has 22 heavy (non-hydrogen) atoms. The van der Waals surface area contributed by atoms with Crippen LogP contribution in [0.25, 0.3) is 10.8 Å². The summed E-state index contributed by atoms with van der Waals surface area (Å²) in [5.74, 6) is 0.736. The standard InChI is InChI=1S/C18H22N2O.ClH/c21-18(20-11-9-14-4-3-10-19-13-14)17-8-7-15-5-1-2-6-16(15)12-17;/h1-2,5-8,12,14,19H,3-4,9-11,13H2,(H,20,21);1H. The van der Waals surface area contributed by atoms with Crippen molar-refractivity contribution in [3.05, 3.63) is 48.0 Å². The molecule has 0 bridgehead atoms. The second-order valence-electron chi connectivity index (χ2n) is 5.82. The van der Waals surface area contributed by atoms with Crippen molar-refractivity contribution in [3.8, 4) is 0 Å². The molecule has 2 aromatic rings. The lowest BCUT2D eigenvalue weighted by molar-refractivity contribution is 0.0951. The van der Waals surface area contributed by atoms with E-state index in [-0.39, 0.29) is 18.3 Å². The predicted molar refractivity (Wildman–Crippen MR) is 93.7 cm³/mol. The van der Waals surface area contributed by atoms with Crippen LogP contribution in [0.3, 0.4) is 0 Å². The summed E-state index contributed by atoms with van der Waals surface area (Å²) in [7, 11) is 0. The van der Waals surface area contributed by atoms with Crippen LogP contribution in [0.1, 0.15) is 29.6 Å². The third kappa shape index (κ3) is 4.21. The Bertz CT molecular complexity index is 623. The van der Waals surface area contributed by atoms with Crippen molar-refractivity contribution >= 4 is 29.1 Å². The fourth-order valence-electron chi connectivity index (χ4n) is 2.99. The molecule has 1 amide bonds. The summed E-state index contributed by atoms with van der Waals surface area (Å²) in [6.45, 7) is 2.99. The van der Waals surface area contributed by atoms with Gasteiger partial charge in [0, 0.05) is 12.1 Å². The number of benzene rings is 2. The van der Waals surface area contributed by atoms with Crippen LogP contribution in [0.15, 0.2) is 42.5 Å². The molecule has 3 nitrogen and oxygen atoms in total. The Balaban J connectivity index is 0.00000176. The van der Waals surface area contributed by atoms with E-state index < -0.39 is 0 Å². The van der Waals surface area contributed by atoms with Crippen LogP contribution in [0.2, 0.25) is 0 Å². The minimum absolute atomic E-state index is 0. The molecule has 0 aliphatic carbocycles. The van der Waals surface area contributed by atoms with Gasteiger partial charge in [0.1, 0.15) is 0 Å². The van der Waals surface area contributed by atoms with E-state index in [1.165, 1.54) is 18.2 Å². The number of amides is 1. The zero-order valence-electron chi connectivity index (χ0n) is 12.7. The molecule has 1 heterocycles. The molecule has 0 saturated carbocycles. The van der Waals surface area contributed by atoms with Crippen molar-refractivity contribution in [2.45, 2.75) is 19.3 Å². The SMILES string of the molecule is Cl.O=C(NCCC1CCCNC1)c1ccc2ccccc2c1. The number of nitrogens with one attached hydrogen (secondary N) is 2. The molecule has 1 unspecified atom stereocenters. The number of halogens is 1. The van der Waals surface area contributed by atoms with Gasteiger partial charge in [-0.05, 0) is 61.2 Å². The number of piperidine rings is 1. The van der Waals surface area contributed by atoms with Gasteiger partial charge in [0.15, 0.2) is 0 Å². The first-order valence-electron chi connectivity index (χ1n) is 7.80. The molecule has 1 atom stereocenters. The largest absolute Gasteiger partial charge is 0.352 e. The van der Waals surface area contributed by atoms with Crippen LogP contribution in [0, 0.1) is 5.92 Å². The highest BCUT2D eigenvalue weighted by Crippen LogP contribution is 2.16. The van der Waals surface area contributed by atoms with Gasteiger partial charge < -0.3 is 10.6 Å². The molecule has 2 aromatic carbocycles. The number of fused-ring (bicyclic) bond motifs is 1. The Hall–Kier alpha value is -1.58. The van der Waals surface area contributed by atoms with Gasteiger partial charge in [-0.25, -0.2) is 0 Å². The zero-order valence-corrected chi connectivity index (χ0v) is 13.5. The van der Waals surface area contributed by atoms with E-state index in [2.05, 4.69) is 16.7 Å². The summed E-state index contributed by atoms with van der Waals surface area (Å²) in [5.41, 5.74) is 0.746. The predicted octanol–water partition coefficient (Wildman–Crippen LogP) is 3.38. The van der Waals surface area contributed by atoms with Gasteiger partial charge in [-0.2, -0.15) is 0 Å². The van der Waals surface area contributed by atoms with Crippen molar-refractivity contribution in [2.75, 3.05) is 19.6 Å². The van der Waals surface area contributed by atoms with E-state index >= 15 is 0 Å². The first kappa shape index (κ1) is 16.8. The lowest BCUT2D eigenvalue weighted by Crippen LogP contribution is -2.33. The smallest absolute Gasteiger partial charge is 0.251 e. The molecule has 0 spiro atoms. The van der Waals surface area contributed by atoms with Gasteiger partial charge in [0.25, 0.3) is 5.91 Å². The summed E-state index contributed by atoms with van der Waals surface area (Å²) in [5, 5.41) is 8.74. The maximum atomic E-state index is 12.2. The summed E-state index contributed by atoms with van der Waals surface area (Å²) >= 11 is 0. The first-order chi connectivity index (χ1) is 10.3. The van der Waals surface area contributed by atoms with Gasteiger partial charge in [-0.3, -0.25) is 4.79 Å². The Morgan fingerprint density at radius 2 is 2.00 bits per heavy atom. The van der Waals surface area contributed by atoms with Crippen molar-refractivity contribution in [1.82, 2.24) is 10.6 Å². The second-order valence-corrected chi connectivity index (χ2v) is 5.82. The van der Waals surface area contributed by atoms with E-state index in [1.54, 1.807) is 0 Å². The molecule has 1 fully saturated rings. The van der Waals surface area contributed by atoms with Crippen LogP contribution in [0.4, 0.5) is 0 Å². The topological polar surface area (TPSA) is 41.1 Å². The highest BCUT2D eigenvalue weighted by Gasteiger charge is 2.13. The van der Waals surface area contributed by atoms with E-state index in [1.807, 2.05) is 36.4 Å². The molecule has 2 N–H and O–H groups in total. The fourth-order valence-corrected chi connectivity index (χ4v) is 2.99. The van der Waals surface area contributed by atoms with E-state index in [4.69, 9.17) is 0 Å². The van der Waals surface area contributed by atoms with Crippen molar-refractivity contribution in [2.24, 2.45) is 5.92 Å². The van der Waals surface area contributed by atoms with Crippen molar-refractivity contribution in [3.63, 3.8) is 0 Å².